The molecule has 1 unspecified atom stereocenters. The molecule has 140 valence electrons. The van der Waals surface area contributed by atoms with Crippen molar-refractivity contribution in [3.63, 3.8) is 0 Å². The van der Waals surface area contributed by atoms with Gasteiger partial charge in [0.25, 0.3) is 0 Å². The molecule has 3 aromatic rings. The molecule has 0 saturated carbocycles. The van der Waals surface area contributed by atoms with Gasteiger partial charge in [0, 0.05) is 34.6 Å². The van der Waals surface area contributed by atoms with Gasteiger partial charge in [0.15, 0.2) is 0 Å². The van der Waals surface area contributed by atoms with Crippen LogP contribution in [0.25, 0.3) is 0 Å². The van der Waals surface area contributed by atoms with E-state index in [1.54, 1.807) is 0 Å². The molecular formula is C26H26N2. The smallest absolute Gasteiger partial charge is 0.0461 e. The Hall–Kier alpha value is -3.26. The van der Waals surface area contributed by atoms with E-state index in [1.165, 1.54) is 22.5 Å². The van der Waals surface area contributed by atoms with Crippen molar-refractivity contribution in [2.24, 2.45) is 0 Å². The molecule has 0 fully saturated rings. The van der Waals surface area contributed by atoms with E-state index in [-0.39, 0.29) is 5.41 Å². The van der Waals surface area contributed by atoms with Crippen molar-refractivity contribution in [2.45, 2.75) is 25.7 Å². The number of anilines is 3. The minimum atomic E-state index is -0.0404. The highest BCUT2D eigenvalue weighted by Crippen LogP contribution is 2.40. The summed E-state index contributed by atoms with van der Waals surface area (Å²) in [5.74, 6) is 0. The number of nitrogens with two attached hydrogens (primary N) is 1. The van der Waals surface area contributed by atoms with Crippen LogP contribution in [0.3, 0.4) is 0 Å². The fraction of sp³-hybridized carbons (Fsp3) is 0.154. The number of aryl methyl sites for hydroxylation is 1. The number of hydrogen-bond acceptors (Lipinski definition) is 2. The van der Waals surface area contributed by atoms with Crippen LogP contribution in [0.4, 0.5) is 17.1 Å². The van der Waals surface area contributed by atoms with Crippen molar-refractivity contribution in [1.82, 2.24) is 0 Å². The zero-order valence-electron chi connectivity index (χ0n) is 16.5. The van der Waals surface area contributed by atoms with Crippen molar-refractivity contribution >= 4 is 17.1 Å². The van der Waals surface area contributed by atoms with Crippen molar-refractivity contribution in [2.75, 3.05) is 10.6 Å². The Bertz CT molecular complexity index is 1020. The first kappa shape index (κ1) is 18.1. The lowest BCUT2D eigenvalue weighted by Gasteiger charge is -2.36. The van der Waals surface area contributed by atoms with E-state index >= 15 is 0 Å². The van der Waals surface area contributed by atoms with E-state index in [0.717, 1.165) is 17.8 Å². The summed E-state index contributed by atoms with van der Waals surface area (Å²) in [6, 6.07) is 27.5. The summed E-state index contributed by atoms with van der Waals surface area (Å²) in [6.45, 7) is 4.44. The summed E-state index contributed by atoms with van der Waals surface area (Å²) >= 11 is 0. The highest BCUT2D eigenvalue weighted by atomic mass is 15.1. The van der Waals surface area contributed by atoms with Gasteiger partial charge < -0.3 is 10.6 Å². The van der Waals surface area contributed by atoms with Crippen LogP contribution in [0.15, 0.2) is 103 Å². The molecule has 0 heterocycles. The number of nitrogens with zero attached hydrogens (tertiary/aromatic N) is 1. The molecule has 2 nitrogen and oxygen atoms in total. The quantitative estimate of drug-likeness (QED) is 0.533. The van der Waals surface area contributed by atoms with Gasteiger partial charge in [0.05, 0.1) is 0 Å². The van der Waals surface area contributed by atoms with Crippen LogP contribution in [-0.4, -0.2) is 0 Å². The Morgan fingerprint density at radius 2 is 1.61 bits per heavy atom. The first-order valence-electron chi connectivity index (χ1n) is 9.71. The van der Waals surface area contributed by atoms with E-state index in [9.17, 15) is 0 Å². The Morgan fingerprint density at radius 3 is 2.32 bits per heavy atom. The SMILES string of the molecule is Cc1cccc(N(C2=CC=CC(C)(c3ccccc3)C2)c2ccc(N)cc2)c1. The predicted molar refractivity (Wildman–Crippen MR) is 120 cm³/mol. The van der Waals surface area contributed by atoms with E-state index in [2.05, 4.69) is 104 Å². The van der Waals surface area contributed by atoms with Gasteiger partial charge in [-0.25, -0.2) is 0 Å². The summed E-state index contributed by atoms with van der Waals surface area (Å²) in [6.07, 6.45) is 7.64. The molecule has 0 spiro atoms. The van der Waals surface area contributed by atoms with Crippen LogP contribution in [-0.2, 0) is 5.41 Å². The average molecular weight is 367 g/mol. The topological polar surface area (TPSA) is 29.3 Å². The van der Waals surface area contributed by atoms with Crippen LogP contribution in [0, 0.1) is 6.92 Å². The third-order valence-electron chi connectivity index (χ3n) is 5.43. The summed E-state index contributed by atoms with van der Waals surface area (Å²) in [5.41, 5.74) is 12.8. The minimum Gasteiger partial charge on any atom is -0.399 e. The molecule has 1 aliphatic carbocycles. The van der Waals surface area contributed by atoms with Crippen LogP contribution in [0.5, 0.6) is 0 Å². The van der Waals surface area contributed by atoms with Gasteiger partial charge >= 0.3 is 0 Å². The molecule has 4 rings (SSSR count). The molecule has 0 saturated heterocycles. The number of nitrogen functional groups attached to an aromatic ring is 1. The molecule has 0 bridgehead atoms. The maximum Gasteiger partial charge on any atom is 0.0461 e. The molecule has 0 radical (unpaired) electrons. The molecule has 28 heavy (non-hydrogen) atoms. The number of benzene rings is 3. The largest absolute Gasteiger partial charge is 0.399 e. The lowest BCUT2D eigenvalue weighted by atomic mass is 9.76. The maximum atomic E-state index is 5.94. The van der Waals surface area contributed by atoms with Crippen molar-refractivity contribution < 1.29 is 0 Å². The highest BCUT2D eigenvalue weighted by molar-refractivity contribution is 5.71. The zero-order chi connectivity index (χ0) is 19.6. The molecule has 2 N–H and O–H groups in total. The van der Waals surface area contributed by atoms with Crippen LogP contribution in [0.2, 0.25) is 0 Å². The monoisotopic (exact) mass is 366 g/mol. The fourth-order valence-electron chi connectivity index (χ4n) is 3.91. The van der Waals surface area contributed by atoms with Crippen LogP contribution < -0.4 is 10.6 Å². The Balaban J connectivity index is 1.78. The second-order valence-corrected chi connectivity index (χ2v) is 7.74. The van der Waals surface area contributed by atoms with Crippen molar-refractivity contribution in [3.8, 4) is 0 Å². The molecule has 1 aliphatic rings. The number of hydrogen-bond donors (Lipinski definition) is 1. The number of allylic oxidation sites excluding steroid dienone is 4. The van der Waals surface area contributed by atoms with Crippen molar-refractivity contribution in [3.05, 3.63) is 114 Å². The summed E-state index contributed by atoms with van der Waals surface area (Å²) < 4.78 is 0. The second kappa shape index (κ2) is 7.40. The standard InChI is InChI=1S/C26H26N2/c1-20-8-6-11-24(18-20)28(23-15-13-22(27)14-16-23)25-12-7-17-26(2,19-25)21-9-4-3-5-10-21/h3-18H,19,27H2,1-2H3. The summed E-state index contributed by atoms with van der Waals surface area (Å²) in [4.78, 5) is 2.34. The predicted octanol–water partition coefficient (Wildman–Crippen LogP) is 6.52. The van der Waals surface area contributed by atoms with Gasteiger partial charge in [0.2, 0.25) is 0 Å². The molecule has 1 atom stereocenters. The van der Waals surface area contributed by atoms with E-state index in [0.29, 0.717) is 0 Å². The molecular weight excluding hydrogens is 340 g/mol. The number of rotatable bonds is 4. The third kappa shape index (κ3) is 3.59. The molecule has 3 aromatic carbocycles. The van der Waals surface area contributed by atoms with E-state index < -0.39 is 0 Å². The lowest BCUT2D eigenvalue weighted by molar-refractivity contribution is 0.575. The normalized spacial score (nSPS) is 18.6. The van der Waals surface area contributed by atoms with Gasteiger partial charge in [-0.05, 0) is 60.5 Å². The van der Waals surface area contributed by atoms with Crippen LogP contribution in [0.1, 0.15) is 24.5 Å². The highest BCUT2D eigenvalue weighted by Gasteiger charge is 2.29. The molecule has 0 amide bonds. The second-order valence-electron chi connectivity index (χ2n) is 7.74. The Labute approximate surface area is 167 Å². The maximum absolute atomic E-state index is 5.94. The van der Waals surface area contributed by atoms with Gasteiger partial charge in [-0.3, -0.25) is 0 Å². The van der Waals surface area contributed by atoms with Gasteiger partial charge in [-0.1, -0.05) is 61.5 Å². The Morgan fingerprint density at radius 1 is 0.857 bits per heavy atom. The van der Waals surface area contributed by atoms with Gasteiger partial charge in [0.1, 0.15) is 0 Å². The van der Waals surface area contributed by atoms with Gasteiger partial charge in [-0.15, -0.1) is 0 Å². The molecule has 2 heteroatoms. The molecule has 0 aliphatic heterocycles. The van der Waals surface area contributed by atoms with Crippen LogP contribution >= 0.6 is 0 Å². The minimum absolute atomic E-state index is 0.0404. The van der Waals surface area contributed by atoms with Gasteiger partial charge in [-0.2, -0.15) is 0 Å². The average Bonchev–Trinajstić information content (AvgIpc) is 2.71. The molecule has 0 aromatic heterocycles. The first-order valence-corrected chi connectivity index (χ1v) is 9.71. The van der Waals surface area contributed by atoms with E-state index in [1.807, 2.05) is 12.1 Å². The lowest BCUT2D eigenvalue weighted by Crippen LogP contribution is -2.28. The third-order valence-corrected chi connectivity index (χ3v) is 5.43. The summed E-state index contributed by atoms with van der Waals surface area (Å²) in [5, 5.41) is 0. The zero-order valence-corrected chi connectivity index (χ0v) is 16.5. The van der Waals surface area contributed by atoms with Crippen molar-refractivity contribution in [1.29, 1.82) is 0 Å². The first-order chi connectivity index (χ1) is 13.5. The fourth-order valence-corrected chi connectivity index (χ4v) is 3.91. The van der Waals surface area contributed by atoms with E-state index in [4.69, 9.17) is 5.73 Å². The Kier molecular flexibility index (Phi) is 4.79. The summed E-state index contributed by atoms with van der Waals surface area (Å²) in [7, 11) is 0.